The van der Waals surface area contributed by atoms with Gasteiger partial charge in [0.2, 0.25) is 0 Å². The second-order valence-corrected chi connectivity index (χ2v) is 13.9. The molecule has 5 nitrogen and oxygen atoms in total. The van der Waals surface area contributed by atoms with Crippen molar-refractivity contribution in [2.45, 2.75) is 57.8 Å². The van der Waals surface area contributed by atoms with Crippen LogP contribution in [-0.2, 0) is 18.5 Å². The fourth-order valence-corrected chi connectivity index (χ4v) is 6.12. The Labute approximate surface area is 118 Å². The lowest BCUT2D eigenvalue weighted by molar-refractivity contribution is -0.129. The molecule has 114 valence electrons. The Morgan fingerprint density at radius 3 is 2.21 bits per heavy atom. The summed E-state index contributed by atoms with van der Waals surface area (Å²) >= 11 is 0. The zero-order valence-electron chi connectivity index (χ0n) is 13.0. The second-order valence-electron chi connectivity index (χ2n) is 6.13. The maximum atomic E-state index is 12.8. The SMILES string of the molecule is CCOP(=O)(OCC)[C@H]1C[C@@H](C[Si](C)(C)C)ON1C. The number of hydrogen-bond donors (Lipinski definition) is 0. The van der Waals surface area contributed by atoms with Gasteiger partial charge >= 0.3 is 7.60 Å². The number of hydroxylamine groups is 2. The molecule has 0 aliphatic carbocycles. The van der Waals surface area contributed by atoms with E-state index in [9.17, 15) is 4.57 Å². The molecule has 0 bridgehead atoms. The molecule has 0 N–H and O–H groups in total. The number of nitrogens with zero attached hydrogens (tertiary/aromatic N) is 1. The lowest BCUT2D eigenvalue weighted by atomic mass is 10.3. The first-order valence-electron chi connectivity index (χ1n) is 7.00. The van der Waals surface area contributed by atoms with Crippen LogP contribution < -0.4 is 0 Å². The number of rotatable bonds is 7. The maximum Gasteiger partial charge on any atom is 0.350 e. The molecule has 0 spiro atoms. The minimum atomic E-state index is -3.11. The van der Waals surface area contributed by atoms with Crippen molar-refractivity contribution in [1.82, 2.24) is 5.06 Å². The van der Waals surface area contributed by atoms with Gasteiger partial charge in [0.05, 0.1) is 19.3 Å². The monoisotopic (exact) mass is 309 g/mol. The molecule has 1 rings (SSSR count). The van der Waals surface area contributed by atoms with Crippen molar-refractivity contribution in [3.05, 3.63) is 0 Å². The van der Waals surface area contributed by atoms with Crippen molar-refractivity contribution >= 4 is 15.7 Å². The lowest BCUT2D eigenvalue weighted by Gasteiger charge is -2.25. The highest BCUT2D eigenvalue weighted by molar-refractivity contribution is 7.54. The quantitative estimate of drug-likeness (QED) is 0.531. The van der Waals surface area contributed by atoms with Crippen LogP contribution in [0.25, 0.3) is 0 Å². The number of hydrogen-bond acceptors (Lipinski definition) is 5. The summed E-state index contributed by atoms with van der Waals surface area (Å²) in [6, 6.07) is 1.06. The predicted octanol–water partition coefficient (Wildman–Crippen LogP) is 3.55. The molecule has 1 heterocycles. The van der Waals surface area contributed by atoms with E-state index in [1.165, 1.54) is 0 Å². The summed E-state index contributed by atoms with van der Waals surface area (Å²) in [7, 11) is -2.49. The molecular weight excluding hydrogens is 281 g/mol. The molecule has 7 heteroatoms. The van der Waals surface area contributed by atoms with Gasteiger partial charge in [-0.2, -0.15) is 5.06 Å². The molecule has 1 aliphatic rings. The highest BCUT2D eigenvalue weighted by Gasteiger charge is 2.46. The normalized spacial score (nSPS) is 26.0. The van der Waals surface area contributed by atoms with E-state index in [4.69, 9.17) is 13.9 Å². The van der Waals surface area contributed by atoms with E-state index in [0.29, 0.717) is 13.2 Å². The summed E-state index contributed by atoms with van der Waals surface area (Å²) < 4.78 is 23.6. The Kier molecular flexibility index (Phi) is 6.23. The zero-order valence-corrected chi connectivity index (χ0v) is 14.9. The van der Waals surface area contributed by atoms with Crippen LogP contribution in [0.5, 0.6) is 0 Å². The third kappa shape index (κ3) is 4.96. The Balaban J connectivity index is 2.75. The fraction of sp³-hybridized carbons (Fsp3) is 1.00. The van der Waals surface area contributed by atoms with Gasteiger partial charge in [-0.25, -0.2) is 0 Å². The van der Waals surface area contributed by atoms with Crippen LogP contribution in [0.3, 0.4) is 0 Å². The van der Waals surface area contributed by atoms with Crippen molar-refractivity contribution in [1.29, 1.82) is 0 Å². The minimum absolute atomic E-state index is 0.135. The van der Waals surface area contributed by atoms with Crippen molar-refractivity contribution in [2.75, 3.05) is 20.3 Å². The van der Waals surface area contributed by atoms with Gasteiger partial charge in [0.1, 0.15) is 5.78 Å². The maximum absolute atomic E-state index is 12.8. The Hall–Kier alpha value is 0.287. The van der Waals surface area contributed by atoms with Crippen molar-refractivity contribution in [2.24, 2.45) is 0 Å². The highest BCUT2D eigenvalue weighted by atomic mass is 31.2. The minimum Gasteiger partial charge on any atom is -0.308 e. The van der Waals surface area contributed by atoms with Gasteiger partial charge in [0.25, 0.3) is 0 Å². The van der Waals surface area contributed by atoms with E-state index >= 15 is 0 Å². The summed E-state index contributed by atoms with van der Waals surface area (Å²) in [5.74, 6) is -0.284. The van der Waals surface area contributed by atoms with Crippen LogP contribution in [-0.4, -0.2) is 45.3 Å². The summed E-state index contributed by atoms with van der Waals surface area (Å²) in [4.78, 5) is 5.82. The molecule has 0 saturated carbocycles. The van der Waals surface area contributed by atoms with Crippen LogP contribution in [0.15, 0.2) is 0 Å². The standard InChI is InChI=1S/C12H28NO4PSi/c1-7-15-18(14,16-8-2)12-9-11(17-13(12)3)10-19(4,5)6/h11-12H,7-10H2,1-6H3/t11-,12-/m0/s1. The molecule has 0 aromatic heterocycles. The molecule has 19 heavy (non-hydrogen) atoms. The smallest absolute Gasteiger partial charge is 0.308 e. The Bertz CT molecular complexity index is 324. The van der Waals surface area contributed by atoms with Crippen LogP contribution in [0.2, 0.25) is 25.7 Å². The first-order valence-corrected chi connectivity index (χ1v) is 12.3. The van der Waals surface area contributed by atoms with Gasteiger partial charge < -0.3 is 9.05 Å². The largest absolute Gasteiger partial charge is 0.350 e. The third-order valence-electron chi connectivity index (χ3n) is 3.03. The molecule has 0 radical (unpaired) electrons. The third-order valence-corrected chi connectivity index (χ3v) is 7.21. The van der Waals surface area contributed by atoms with Crippen LogP contribution in [0.1, 0.15) is 20.3 Å². The van der Waals surface area contributed by atoms with E-state index < -0.39 is 15.7 Å². The molecule has 1 saturated heterocycles. The van der Waals surface area contributed by atoms with Gasteiger partial charge in [-0.3, -0.25) is 9.40 Å². The molecule has 0 aromatic carbocycles. The van der Waals surface area contributed by atoms with Crippen LogP contribution in [0, 0.1) is 0 Å². The first kappa shape index (κ1) is 17.3. The molecule has 1 aliphatic heterocycles. The van der Waals surface area contributed by atoms with Crippen molar-refractivity contribution < 1.29 is 18.5 Å². The summed E-state index contributed by atoms with van der Waals surface area (Å²) in [6.07, 6.45) is 0.855. The van der Waals surface area contributed by atoms with Crippen molar-refractivity contribution in [3.8, 4) is 0 Å². The van der Waals surface area contributed by atoms with E-state index in [1.54, 1.807) is 5.06 Å². The van der Waals surface area contributed by atoms with E-state index in [0.717, 1.165) is 12.5 Å². The fourth-order valence-electron chi connectivity index (χ4n) is 2.43. The summed E-state index contributed by atoms with van der Waals surface area (Å²) in [5.41, 5.74) is 0. The molecule has 1 fully saturated rings. The highest BCUT2D eigenvalue weighted by Crippen LogP contribution is 2.57. The van der Waals surface area contributed by atoms with Gasteiger partial charge in [-0.05, 0) is 19.9 Å². The van der Waals surface area contributed by atoms with E-state index in [-0.39, 0.29) is 11.9 Å². The zero-order chi connectivity index (χ0) is 14.7. The van der Waals surface area contributed by atoms with E-state index in [1.807, 2.05) is 20.9 Å². The van der Waals surface area contributed by atoms with Crippen molar-refractivity contribution in [3.63, 3.8) is 0 Å². The average molecular weight is 309 g/mol. The van der Waals surface area contributed by atoms with Gasteiger partial charge in [-0.15, -0.1) is 0 Å². The lowest BCUT2D eigenvalue weighted by Crippen LogP contribution is -2.27. The Morgan fingerprint density at radius 2 is 1.79 bits per heavy atom. The molecule has 0 amide bonds. The first-order chi connectivity index (χ1) is 8.72. The average Bonchev–Trinajstić information content (AvgIpc) is 2.58. The molecule has 0 aromatic rings. The van der Waals surface area contributed by atoms with Gasteiger partial charge in [0, 0.05) is 21.5 Å². The molecule has 2 atom stereocenters. The van der Waals surface area contributed by atoms with E-state index in [2.05, 4.69) is 19.6 Å². The predicted molar refractivity (Wildman–Crippen MR) is 80.1 cm³/mol. The van der Waals surface area contributed by atoms with Crippen LogP contribution >= 0.6 is 7.60 Å². The Morgan fingerprint density at radius 1 is 1.26 bits per heavy atom. The topological polar surface area (TPSA) is 48.0 Å². The molecular formula is C12H28NO4PSi. The molecule has 0 unspecified atom stereocenters. The van der Waals surface area contributed by atoms with Gasteiger partial charge in [0.15, 0.2) is 0 Å². The van der Waals surface area contributed by atoms with Gasteiger partial charge in [-0.1, -0.05) is 19.6 Å². The second kappa shape index (κ2) is 6.83. The summed E-state index contributed by atoms with van der Waals surface area (Å²) in [5, 5.41) is 1.68. The summed E-state index contributed by atoms with van der Waals surface area (Å²) in [6.45, 7) is 11.4. The van der Waals surface area contributed by atoms with Crippen LogP contribution in [0.4, 0.5) is 0 Å².